The molecule has 0 atom stereocenters. The van der Waals surface area contributed by atoms with Gasteiger partial charge in [0.2, 0.25) is 0 Å². The van der Waals surface area contributed by atoms with Crippen molar-refractivity contribution in [2.45, 2.75) is 39.7 Å². The minimum Gasteiger partial charge on any atom is -0.384 e. The van der Waals surface area contributed by atoms with Gasteiger partial charge in [-0.15, -0.1) is 0 Å². The van der Waals surface area contributed by atoms with Gasteiger partial charge >= 0.3 is 0 Å². The molecule has 2 aromatic heterocycles. The van der Waals surface area contributed by atoms with Crippen molar-refractivity contribution < 1.29 is 5.11 Å². The number of nitrogens with one attached hydrogen (secondary N) is 2. The minimum atomic E-state index is -0.177. The topological polar surface area (TPSA) is 72.1 Å². The fraction of sp³-hybridized carbons (Fsp3) is 0.321. The molecule has 0 amide bonds. The number of fused-ring (bicyclic) bond motifs is 2. The molecule has 0 aliphatic carbocycles. The van der Waals surface area contributed by atoms with E-state index >= 15 is 0 Å². The van der Waals surface area contributed by atoms with Crippen molar-refractivity contribution in [3.63, 3.8) is 0 Å². The highest BCUT2D eigenvalue weighted by Gasteiger charge is 2.13. The van der Waals surface area contributed by atoms with Crippen molar-refractivity contribution in [3.05, 3.63) is 70.0 Å². The van der Waals surface area contributed by atoms with Crippen LogP contribution >= 0.6 is 0 Å². The molecule has 4 aromatic rings. The van der Waals surface area contributed by atoms with Crippen LogP contribution in [0.1, 0.15) is 44.2 Å². The Kier molecular flexibility index (Phi) is 7.29. The van der Waals surface area contributed by atoms with Gasteiger partial charge in [0, 0.05) is 33.9 Å². The summed E-state index contributed by atoms with van der Waals surface area (Å²) in [5.41, 5.74) is 5.19. The van der Waals surface area contributed by atoms with Crippen LogP contribution in [0.5, 0.6) is 0 Å². The molecule has 1 saturated heterocycles. The second-order valence-electron chi connectivity index (χ2n) is 8.22. The van der Waals surface area contributed by atoms with E-state index in [-0.39, 0.29) is 12.2 Å². The van der Waals surface area contributed by atoms with Gasteiger partial charge in [-0.05, 0) is 74.0 Å². The molecule has 3 heterocycles. The fourth-order valence-electron chi connectivity index (χ4n) is 4.43. The van der Waals surface area contributed by atoms with E-state index in [2.05, 4.69) is 51.0 Å². The van der Waals surface area contributed by atoms with Crippen molar-refractivity contribution >= 4 is 21.8 Å². The lowest BCUT2D eigenvalue weighted by Gasteiger charge is -2.26. The smallest absolute Gasteiger partial charge is 0.257 e. The van der Waals surface area contributed by atoms with E-state index in [0.717, 1.165) is 39.6 Å². The van der Waals surface area contributed by atoms with Crippen LogP contribution in [-0.4, -0.2) is 39.7 Å². The number of aromatic nitrogens is 2. The molecule has 5 heteroatoms. The lowest BCUT2D eigenvalue weighted by molar-refractivity contribution is 0.221. The number of piperidine rings is 1. The Hall–Kier alpha value is -3.33. The summed E-state index contributed by atoms with van der Waals surface area (Å²) in [4.78, 5) is 21.6. The maximum Gasteiger partial charge on any atom is 0.257 e. The summed E-state index contributed by atoms with van der Waals surface area (Å²) in [6.07, 6.45) is 3.91. The highest BCUT2D eigenvalue weighted by Crippen LogP contribution is 2.26. The SMILES string of the molecule is CC.O=c1[nH]c2ccc(C#CCO)cc2cc1-c1cc2cc(CN3CCCCC3)ccc2[nH]1. The molecule has 0 unspecified atom stereocenters. The van der Waals surface area contributed by atoms with Gasteiger partial charge < -0.3 is 15.1 Å². The lowest BCUT2D eigenvalue weighted by atomic mass is 10.1. The monoisotopic (exact) mass is 441 g/mol. The van der Waals surface area contributed by atoms with Crippen LogP contribution in [0.3, 0.4) is 0 Å². The van der Waals surface area contributed by atoms with Gasteiger partial charge in [-0.1, -0.05) is 38.2 Å². The molecule has 0 radical (unpaired) electrons. The van der Waals surface area contributed by atoms with Gasteiger partial charge in [-0.25, -0.2) is 0 Å². The van der Waals surface area contributed by atoms with E-state index in [9.17, 15) is 4.79 Å². The summed E-state index contributed by atoms with van der Waals surface area (Å²) < 4.78 is 0. The van der Waals surface area contributed by atoms with Gasteiger partial charge in [0.05, 0.1) is 11.3 Å². The number of hydrogen-bond acceptors (Lipinski definition) is 3. The van der Waals surface area contributed by atoms with E-state index in [1.807, 2.05) is 38.1 Å². The summed E-state index contributed by atoms with van der Waals surface area (Å²) in [5.74, 6) is 5.58. The predicted octanol–water partition coefficient (Wildman–Crippen LogP) is 5.03. The first kappa shape index (κ1) is 22.8. The quantitative estimate of drug-likeness (QED) is 0.390. The molecule has 5 rings (SSSR count). The van der Waals surface area contributed by atoms with E-state index < -0.39 is 0 Å². The van der Waals surface area contributed by atoms with Crippen molar-refractivity contribution in [1.29, 1.82) is 0 Å². The van der Waals surface area contributed by atoms with E-state index in [1.165, 1.54) is 37.9 Å². The van der Waals surface area contributed by atoms with E-state index in [4.69, 9.17) is 5.11 Å². The number of nitrogens with zero attached hydrogens (tertiary/aromatic N) is 1. The number of aliphatic hydroxyl groups is 1. The molecule has 2 aromatic carbocycles. The first-order valence-electron chi connectivity index (χ1n) is 11.8. The van der Waals surface area contributed by atoms with Crippen molar-refractivity contribution in [3.8, 4) is 23.1 Å². The largest absolute Gasteiger partial charge is 0.384 e. The zero-order valence-electron chi connectivity index (χ0n) is 19.4. The molecular formula is C28H31N3O2. The molecule has 0 spiro atoms. The molecule has 3 N–H and O–H groups in total. The van der Waals surface area contributed by atoms with Gasteiger partial charge in [0.15, 0.2) is 0 Å². The summed E-state index contributed by atoms with van der Waals surface area (Å²) in [5, 5.41) is 10.9. The summed E-state index contributed by atoms with van der Waals surface area (Å²) in [6.45, 7) is 7.15. The van der Waals surface area contributed by atoms with Crippen LogP contribution in [0.4, 0.5) is 0 Å². The Labute approximate surface area is 194 Å². The second-order valence-corrected chi connectivity index (χ2v) is 8.22. The molecule has 1 aliphatic heterocycles. The highest BCUT2D eigenvalue weighted by atomic mass is 16.2. The number of hydrogen-bond donors (Lipinski definition) is 3. The van der Waals surface area contributed by atoms with Crippen LogP contribution in [0.15, 0.2) is 53.3 Å². The Morgan fingerprint density at radius 2 is 1.64 bits per heavy atom. The van der Waals surface area contributed by atoms with Gasteiger partial charge in [0.1, 0.15) is 6.61 Å². The molecule has 1 fully saturated rings. The number of aliphatic hydroxyl groups excluding tert-OH is 1. The summed E-state index contributed by atoms with van der Waals surface area (Å²) in [6, 6.07) is 16.1. The van der Waals surface area contributed by atoms with Crippen LogP contribution in [-0.2, 0) is 6.54 Å². The van der Waals surface area contributed by atoms with Crippen LogP contribution in [0, 0.1) is 11.8 Å². The fourth-order valence-corrected chi connectivity index (χ4v) is 4.43. The highest BCUT2D eigenvalue weighted by molar-refractivity contribution is 5.89. The zero-order valence-corrected chi connectivity index (χ0v) is 19.4. The number of likely N-dealkylation sites (tertiary alicyclic amines) is 1. The Bertz CT molecular complexity index is 1360. The van der Waals surface area contributed by atoms with Crippen molar-refractivity contribution in [2.75, 3.05) is 19.7 Å². The summed E-state index contributed by atoms with van der Waals surface area (Å²) >= 11 is 0. The minimum absolute atomic E-state index is 0.123. The van der Waals surface area contributed by atoms with Crippen LogP contribution in [0.2, 0.25) is 0 Å². The molecule has 33 heavy (non-hydrogen) atoms. The third-order valence-corrected chi connectivity index (χ3v) is 5.99. The number of H-pyrrole nitrogens is 2. The second kappa shape index (κ2) is 10.5. The summed E-state index contributed by atoms with van der Waals surface area (Å²) in [7, 11) is 0. The van der Waals surface area contributed by atoms with Gasteiger partial charge in [-0.3, -0.25) is 9.69 Å². The Balaban J connectivity index is 0.00000126. The van der Waals surface area contributed by atoms with E-state index in [0.29, 0.717) is 5.56 Å². The van der Waals surface area contributed by atoms with Crippen molar-refractivity contribution in [1.82, 2.24) is 14.9 Å². The van der Waals surface area contributed by atoms with Gasteiger partial charge in [-0.2, -0.15) is 0 Å². The van der Waals surface area contributed by atoms with Crippen LogP contribution < -0.4 is 5.56 Å². The predicted molar refractivity (Wildman–Crippen MR) is 136 cm³/mol. The van der Waals surface area contributed by atoms with Gasteiger partial charge in [0.25, 0.3) is 5.56 Å². The molecule has 170 valence electrons. The average molecular weight is 442 g/mol. The normalized spacial score (nSPS) is 13.9. The number of rotatable bonds is 3. The number of benzene rings is 2. The maximum absolute atomic E-state index is 12.8. The molecule has 0 bridgehead atoms. The third kappa shape index (κ3) is 5.19. The first-order valence-corrected chi connectivity index (χ1v) is 11.8. The zero-order chi connectivity index (χ0) is 23.2. The number of aromatic amines is 2. The standard InChI is InChI=1S/C26H25N3O2.C2H6/c30-12-4-5-18-6-8-24-20(13-18)15-22(26(31)28-24)25-16-21-14-19(7-9-23(21)27-25)17-29-10-2-1-3-11-29;1-2/h6-9,13-16,27,30H,1-3,10-12,17H2,(H,28,31);1-2H3. The van der Waals surface area contributed by atoms with Crippen LogP contribution in [0.25, 0.3) is 33.1 Å². The third-order valence-electron chi connectivity index (χ3n) is 5.99. The molecule has 1 aliphatic rings. The average Bonchev–Trinajstić information content (AvgIpc) is 3.27. The van der Waals surface area contributed by atoms with E-state index in [1.54, 1.807) is 0 Å². The first-order chi connectivity index (χ1) is 16.2. The molecule has 0 saturated carbocycles. The maximum atomic E-state index is 12.8. The Morgan fingerprint density at radius 3 is 2.42 bits per heavy atom. The number of pyridine rings is 1. The molecule has 5 nitrogen and oxygen atoms in total. The Morgan fingerprint density at radius 1 is 0.909 bits per heavy atom. The lowest BCUT2D eigenvalue weighted by Crippen LogP contribution is -2.28. The van der Waals surface area contributed by atoms with Crippen molar-refractivity contribution in [2.24, 2.45) is 0 Å². The molecular weight excluding hydrogens is 410 g/mol.